The Labute approximate surface area is 174 Å². The predicted octanol–water partition coefficient (Wildman–Crippen LogP) is 5.84. The SMILES string of the molecule is c1ccc(CN2CCC(CN3c4ccccc4CCc4ccccc43)CC2)cc1. The molecule has 3 aromatic carbocycles. The lowest BCUT2D eigenvalue weighted by Crippen LogP contribution is -2.37. The Morgan fingerprint density at radius 2 is 1.21 bits per heavy atom. The van der Waals surface area contributed by atoms with Crippen LogP contribution in [-0.2, 0) is 19.4 Å². The molecule has 3 aromatic rings. The van der Waals surface area contributed by atoms with Crippen molar-refractivity contribution in [3.63, 3.8) is 0 Å². The first kappa shape index (κ1) is 18.4. The second-order valence-corrected chi connectivity index (χ2v) is 8.57. The summed E-state index contributed by atoms with van der Waals surface area (Å²) in [6.07, 6.45) is 4.85. The van der Waals surface area contributed by atoms with Gasteiger partial charge in [0.05, 0.1) is 0 Å². The fourth-order valence-electron chi connectivity index (χ4n) is 4.99. The number of aryl methyl sites for hydroxylation is 2. The molecule has 0 aromatic heterocycles. The summed E-state index contributed by atoms with van der Waals surface area (Å²) in [7, 11) is 0. The average molecular weight is 383 g/mol. The van der Waals surface area contributed by atoms with Crippen LogP contribution in [0.25, 0.3) is 0 Å². The zero-order valence-corrected chi connectivity index (χ0v) is 17.1. The van der Waals surface area contributed by atoms with E-state index in [1.807, 2.05) is 0 Å². The number of nitrogens with zero attached hydrogens (tertiary/aromatic N) is 2. The summed E-state index contributed by atoms with van der Waals surface area (Å²) in [5, 5.41) is 0. The molecule has 0 N–H and O–H groups in total. The maximum atomic E-state index is 2.62. The molecule has 5 rings (SSSR count). The molecule has 0 saturated carbocycles. The van der Waals surface area contributed by atoms with Gasteiger partial charge < -0.3 is 4.90 Å². The summed E-state index contributed by atoms with van der Waals surface area (Å²) in [6.45, 7) is 4.63. The lowest BCUT2D eigenvalue weighted by molar-refractivity contribution is 0.180. The number of benzene rings is 3. The van der Waals surface area contributed by atoms with E-state index >= 15 is 0 Å². The molecule has 2 aliphatic heterocycles. The molecule has 0 unspecified atom stereocenters. The van der Waals surface area contributed by atoms with Gasteiger partial charge in [0.2, 0.25) is 0 Å². The van der Waals surface area contributed by atoms with Crippen molar-refractivity contribution in [3.8, 4) is 0 Å². The van der Waals surface area contributed by atoms with Gasteiger partial charge in [0, 0.05) is 24.5 Å². The molecule has 0 bridgehead atoms. The Balaban J connectivity index is 1.31. The largest absolute Gasteiger partial charge is 0.341 e. The van der Waals surface area contributed by atoms with Gasteiger partial charge >= 0.3 is 0 Å². The molecular formula is C27H30N2. The van der Waals surface area contributed by atoms with Crippen LogP contribution in [0, 0.1) is 5.92 Å². The van der Waals surface area contributed by atoms with Crippen molar-refractivity contribution in [1.82, 2.24) is 4.90 Å². The number of piperidine rings is 1. The van der Waals surface area contributed by atoms with Gasteiger partial charge in [-0.1, -0.05) is 66.7 Å². The second kappa shape index (κ2) is 8.42. The summed E-state index contributed by atoms with van der Waals surface area (Å²) in [6, 6.07) is 28.9. The molecule has 2 aliphatic rings. The molecule has 0 atom stereocenters. The van der Waals surface area contributed by atoms with Crippen LogP contribution in [0.1, 0.15) is 29.5 Å². The summed E-state index contributed by atoms with van der Waals surface area (Å²) in [5.74, 6) is 0.751. The first-order chi connectivity index (χ1) is 14.4. The molecule has 29 heavy (non-hydrogen) atoms. The quantitative estimate of drug-likeness (QED) is 0.560. The van der Waals surface area contributed by atoms with Gasteiger partial charge in [-0.05, 0) is 73.5 Å². The van der Waals surface area contributed by atoms with Crippen LogP contribution in [0.15, 0.2) is 78.9 Å². The third-order valence-electron chi connectivity index (χ3n) is 6.63. The topological polar surface area (TPSA) is 6.48 Å². The minimum Gasteiger partial charge on any atom is -0.341 e. The Morgan fingerprint density at radius 1 is 0.655 bits per heavy atom. The Hall–Kier alpha value is -2.58. The molecule has 0 aliphatic carbocycles. The second-order valence-electron chi connectivity index (χ2n) is 8.57. The third kappa shape index (κ3) is 4.09. The summed E-state index contributed by atoms with van der Waals surface area (Å²) in [4.78, 5) is 5.24. The zero-order valence-electron chi connectivity index (χ0n) is 17.1. The Morgan fingerprint density at radius 3 is 1.83 bits per heavy atom. The van der Waals surface area contributed by atoms with Gasteiger partial charge in [-0.2, -0.15) is 0 Å². The minimum atomic E-state index is 0.751. The molecule has 2 heterocycles. The molecule has 0 radical (unpaired) electrons. The highest BCUT2D eigenvalue weighted by Gasteiger charge is 2.26. The average Bonchev–Trinajstić information content (AvgIpc) is 2.93. The van der Waals surface area contributed by atoms with E-state index in [1.54, 1.807) is 0 Å². The van der Waals surface area contributed by atoms with E-state index < -0.39 is 0 Å². The van der Waals surface area contributed by atoms with Gasteiger partial charge in [0.1, 0.15) is 0 Å². The number of rotatable bonds is 4. The lowest BCUT2D eigenvalue weighted by Gasteiger charge is -2.36. The van der Waals surface area contributed by atoms with Gasteiger partial charge in [0.25, 0.3) is 0 Å². The Kier molecular flexibility index (Phi) is 5.36. The van der Waals surface area contributed by atoms with E-state index in [4.69, 9.17) is 0 Å². The first-order valence-electron chi connectivity index (χ1n) is 11.1. The van der Waals surface area contributed by atoms with Crippen LogP contribution in [-0.4, -0.2) is 24.5 Å². The van der Waals surface area contributed by atoms with Gasteiger partial charge in [-0.15, -0.1) is 0 Å². The van der Waals surface area contributed by atoms with Gasteiger partial charge in [-0.3, -0.25) is 4.90 Å². The van der Waals surface area contributed by atoms with Crippen molar-refractivity contribution in [2.24, 2.45) is 5.92 Å². The van der Waals surface area contributed by atoms with Crippen molar-refractivity contribution in [1.29, 1.82) is 0 Å². The number of anilines is 2. The molecule has 148 valence electrons. The van der Waals surface area contributed by atoms with Crippen LogP contribution in [0.3, 0.4) is 0 Å². The van der Waals surface area contributed by atoms with Crippen molar-refractivity contribution >= 4 is 11.4 Å². The molecular weight excluding hydrogens is 352 g/mol. The third-order valence-corrected chi connectivity index (χ3v) is 6.63. The molecule has 1 saturated heterocycles. The maximum absolute atomic E-state index is 2.62. The van der Waals surface area contributed by atoms with Crippen LogP contribution < -0.4 is 4.90 Å². The number of likely N-dealkylation sites (tertiary alicyclic amines) is 1. The number of para-hydroxylation sites is 2. The molecule has 0 spiro atoms. The normalized spacial score (nSPS) is 17.4. The molecule has 2 heteroatoms. The van der Waals surface area contributed by atoms with Crippen molar-refractivity contribution in [3.05, 3.63) is 95.6 Å². The molecule has 2 nitrogen and oxygen atoms in total. The van der Waals surface area contributed by atoms with E-state index in [9.17, 15) is 0 Å². The zero-order chi connectivity index (χ0) is 19.5. The number of hydrogen-bond donors (Lipinski definition) is 0. The number of fused-ring (bicyclic) bond motifs is 2. The smallest absolute Gasteiger partial charge is 0.0443 e. The highest BCUT2D eigenvalue weighted by molar-refractivity contribution is 5.71. The summed E-state index contributed by atoms with van der Waals surface area (Å²) in [5.41, 5.74) is 7.25. The highest BCUT2D eigenvalue weighted by Crippen LogP contribution is 2.37. The monoisotopic (exact) mass is 382 g/mol. The van der Waals surface area contributed by atoms with Crippen molar-refractivity contribution in [2.75, 3.05) is 24.5 Å². The van der Waals surface area contributed by atoms with E-state index in [1.165, 1.54) is 54.0 Å². The van der Waals surface area contributed by atoms with Crippen LogP contribution in [0.4, 0.5) is 11.4 Å². The molecule has 1 fully saturated rings. The fraction of sp³-hybridized carbons (Fsp3) is 0.333. The van der Waals surface area contributed by atoms with E-state index in [0.717, 1.165) is 31.8 Å². The first-order valence-corrected chi connectivity index (χ1v) is 11.1. The van der Waals surface area contributed by atoms with Gasteiger partial charge in [0.15, 0.2) is 0 Å². The van der Waals surface area contributed by atoms with Crippen LogP contribution in [0.5, 0.6) is 0 Å². The van der Waals surface area contributed by atoms with E-state index in [0.29, 0.717) is 0 Å². The maximum Gasteiger partial charge on any atom is 0.0443 e. The standard InChI is InChI=1S/C27H30N2/c1-2-8-22(9-3-1)20-28-18-16-23(17-19-28)21-29-26-12-6-4-10-24(26)14-15-25-11-5-7-13-27(25)29/h1-13,23H,14-21H2. The molecule has 0 amide bonds. The van der Waals surface area contributed by atoms with Crippen LogP contribution >= 0.6 is 0 Å². The van der Waals surface area contributed by atoms with E-state index in [2.05, 4.69) is 88.7 Å². The summed E-state index contributed by atoms with van der Waals surface area (Å²) < 4.78 is 0. The van der Waals surface area contributed by atoms with Crippen molar-refractivity contribution < 1.29 is 0 Å². The minimum absolute atomic E-state index is 0.751. The Bertz CT molecular complexity index is 894. The highest BCUT2D eigenvalue weighted by atomic mass is 15.2. The number of hydrogen-bond acceptors (Lipinski definition) is 2. The van der Waals surface area contributed by atoms with Gasteiger partial charge in [-0.25, -0.2) is 0 Å². The van der Waals surface area contributed by atoms with E-state index in [-0.39, 0.29) is 0 Å². The fourth-order valence-corrected chi connectivity index (χ4v) is 4.99. The van der Waals surface area contributed by atoms with Crippen molar-refractivity contribution in [2.45, 2.75) is 32.2 Å². The summed E-state index contributed by atoms with van der Waals surface area (Å²) >= 11 is 0. The lowest BCUT2D eigenvalue weighted by atomic mass is 9.95. The predicted molar refractivity (Wildman–Crippen MR) is 122 cm³/mol. The van der Waals surface area contributed by atoms with Crippen LogP contribution in [0.2, 0.25) is 0 Å².